The van der Waals surface area contributed by atoms with Crippen molar-refractivity contribution in [3.63, 3.8) is 0 Å². The van der Waals surface area contributed by atoms with E-state index in [0.717, 1.165) is 37.2 Å². The molecule has 122 valence electrons. The summed E-state index contributed by atoms with van der Waals surface area (Å²) in [5.41, 5.74) is 1.17. The molecule has 1 aromatic carbocycles. The van der Waals surface area contributed by atoms with E-state index >= 15 is 0 Å². The van der Waals surface area contributed by atoms with Crippen LogP contribution in [-0.4, -0.2) is 26.2 Å². The highest BCUT2D eigenvalue weighted by molar-refractivity contribution is 5.76. The first-order valence-electron chi connectivity index (χ1n) is 8.23. The summed E-state index contributed by atoms with van der Waals surface area (Å²) < 4.78 is 10.5. The Hall–Kier alpha value is -1.71. The minimum absolute atomic E-state index is 0.187. The number of aryl methyl sites for hydroxylation is 1. The summed E-state index contributed by atoms with van der Waals surface area (Å²) >= 11 is 0. The first-order chi connectivity index (χ1) is 10.7. The Kier molecular flexibility index (Phi) is 6.56. The molecule has 1 fully saturated rings. The molecule has 1 amide bonds. The summed E-state index contributed by atoms with van der Waals surface area (Å²) in [5, 5.41) is 3.16. The number of hydrogen-bond donors (Lipinski definition) is 1. The molecule has 0 saturated heterocycles. The highest BCUT2D eigenvalue weighted by Crippen LogP contribution is 2.28. The number of benzene rings is 1. The highest BCUT2D eigenvalue weighted by atomic mass is 16.5. The maximum Gasteiger partial charge on any atom is 0.220 e. The minimum Gasteiger partial charge on any atom is -0.493 e. The number of methoxy groups -OCH3 is 2. The van der Waals surface area contributed by atoms with Crippen molar-refractivity contribution in [1.29, 1.82) is 0 Å². The molecule has 0 radical (unpaired) electrons. The summed E-state index contributed by atoms with van der Waals surface area (Å²) in [4.78, 5) is 12.0. The quantitative estimate of drug-likeness (QED) is 0.839. The molecule has 0 spiro atoms. The normalized spacial score (nSPS) is 15.4. The third kappa shape index (κ3) is 4.93. The van der Waals surface area contributed by atoms with Crippen LogP contribution >= 0.6 is 0 Å². The summed E-state index contributed by atoms with van der Waals surface area (Å²) in [6, 6.07) is 6.33. The maximum atomic E-state index is 12.0. The van der Waals surface area contributed by atoms with Crippen LogP contribution in [-0.2, 0) is 11.2 Å². The molecule has 1 N–H and O–H groups in total. The van der Waals surface area contributed by atoms with Gasteiger partial charge in [-0.25, -0.2) is 0 Å². The molecular weight excluding hydrogens is 278 g/mol. The van der Waals surface area contributed by atoms with Gasteiger partial charge in [-0.15, -0.1) is 0 Å². The molecule has 0 aromatic heterocycles. The molecule has 1 aromatic rings. The van der Waals surface area contributed by atoms with Crippen LogP contribution in [0.5, 0.6) is 11.5 Å². The van der Waals surface area contributed by atoms with Gasteiger partial charge in [0.25, 0.3) is 0 Å². The van der Waals surface area contributed by atoms with E-state index in [-0.39, 0.29) is 5.91 Å². The number of nitrogens with one attached hydrogen (secondary N) is 1. The van der Waals surface area contributed by atoms with Crippen molar-refractivity contribution in [2.24, 2.45) is 0 Å². The Morgan fingerprint density at radius 1 is 1.14 bits per heavy atom. The van der Waals surface area contributed by atoms with E-state index in [9.17, 15) is 4.79 Å². The molecule has 0 heterocycles. The number of hydrogen-bond acceptors (Lipinski definition) is 3. The summed E-state index contributed by atoms with van der Waals surface area (Å²) in [6.45, 7) is 0. The summed E-state index contributed by atoms with van der Waals surface area (Å²) in [7, 11) is 3.27. The Labute approximate surface area is 133 Å². The number of rotatable bonds is 7. The summed E-state index contributed by atoms with van der Waals surface area (Å²) in [5.74, 6) is 1.67. The standard InChI is InChI=1S/C18H27NO3/c1-21-16-12-11-14(13-17(16)22-2)7-6-10-18(20)19-15-8-4-3-5-9-15/h11-13,15H,3-10H2,1-2H3,(H,19,20). The lowest BCUT2D eigenvalue weighted by molar-refractivity contribution is -0.122. The van der Waals surface area contributed by atoms with E-state index in [1.165, 1.54) is 24.8 Å². The monoisotopic (exact) mass is 305 g/mol. The summed E-state index contributed by atoms with van der Waals surface area (Å²) in [6.07, 6.45) is 8.40. The van der Waals surface area contributed by atoms with Crippen LogP contribution in [0.15, 0.2) is 18.2 Å². The van der Waals surface area contributed by atoms with Crippen LogP contribution in [0.4, 0.5) is 0 Å². The number of amides is 1. The molecule has 0 unspecified atom stereocenters. The fourth-order valence-corrected chi connectivity index (χ4v) is 3.04. The van der Waals surface area contributed by atoms with Crippen LogP contribution in [0.2, 0.25) is 0 Å². The smallest absolute Gasteiger partial charge is 0.220 e. The molecule has 2 rings (SSSR count). The molecule has 0 aliphatic heterocycles. The largest absolute Gasteiger partial charge is 0.493 e. The van der Waals surface area contributed by atoms with Crippen molar-refractivity contribution in [2.45, 2.75) is 57.4 Å². The van der Waals surface area contributed by atoms with Gasteiger partial charge in [-0.2, -0.15) is 0 Å². The van der Waals surface area contributed by atoms with Crippen molar-refractivity contribution in [3.05, 3.63) is 23.8 Å². The average molecular weight is 305 g/mol. The Morgan fingerprint density at radius 3 is 2.55 bits per heavy atom. The first-order valence-corrected chi connectivity index (χ1v) is 8.23. The maximum absolute atomic E-state index is 12.0. The van der Waals surface area contributed by atoms with Gasteiger partial charge in [-0.1, -0.05) is 25.3 Å². The predicted octanol–water partition coefficient (Wildman–Crippen LogP) is 3.48. The molecule has 1 saturated carbocycles. The van der Waals surface area contributed by atoms with Gasteiger partial charge in [0.1, 0.15) is 0 Å². The van der Waals surface area contributed by atoms with Gasteiger partial charge in [0, 0.05) is 12.5 Å². The van der Waals surface area contributed by atoms with Crippen molar-refractivity contribution in [3.8, 4) is 11.5 Å². The van der Waals surface area contributed by atoms with Gasteiger partial charge in [0.15, 0.2) is 11.5 Å². The molecule has 0 bridgehead atoms. The lowest BCUT2D eigenvalue weighted by Crippen LogP contribution is -2.36. The Balaban J connectivity index is 1.74. The van der Waals surface area contributed by atoms with Gasteiger partial charge < -0.3 is 14.8 Å². The van der Waals surface area contributed by atoms with Crippen molar-refractivity contribution >= 4 is 5.91 Å². The SMILES string of the molecule is COc1ccc(CCCC(=O)NC2CCCCC2)cc1OC. The second-order valence-corrected chi connectivity index (χ2v) is 5.95. The molecule has 22 heavy (non-hydrogen) atoms. The van der Waals surface area contributed by atoms with Gasteiger partial charge >= 0.3 is 0 Å². The fraction of sp³-hybridized carbons (Fsp3) is 0.611. The van der Waals surface area contributed by atoms with E-state index < -0.39 is 0 Å². The van der Waals surface area contributed by atoms with Crippen LogP contribution in [0.1, 0.15) is 50.5 Å². The third-order valence-corrected chi connectivity index (χ3v) is 4.29. The molecule has 1 aliphatic rings. The number of carbonyl (C=O) groups excluding carboxylic acids is 1. The van der Waals surface area contributed by atoms with E-state index in [2.05, 4.69) is 5.32 Å². The van der Waals surface area contributed by atoms with Gasteiger partial charge in [0.2, 0.25) is 5.91 Å². The first kappa shape index (κ1) is 16.7. The lowest BCUT2D eigenvalue weighted by Gasteiger charge is -2.22. The van der Waals surface area contributed by atoms with Gasteiger partial charge in [-0.05, 0) is 43.4 Å². The Morgan fingerprint density at radius 2 is 1.86 bits per heavy atom. The van der Waals surface area contributed by atoms with Crippen molar-refractivity contribution < 1.29 is 14.3 Å². The second-order valence-electron chi connectivity index (χ2n) is 5.95. The zero-order chi connectivity index (χ0) is 15.8. The van der Waals surface area contributed by atoms with Crippen LogP contribution < -0.4 is 14.8 Å². The lowest BCUT2D eigenvalue weighted by atomic mass is 9.95. The zero-order valence-electron chi connectivity index (χ0n) is 13.7. The molecule has 4 nitrogen and oxygen atoms in total. The van der Waals surface area contributed by atoms with Gasteiger partial charge in [0.05, 0.1) is 14.2 Å². The Bertz CT molecular complexity index is 481. The molecular formula is C18H27NO3. The topological polar surface area (TPSA) is 47.6 Å². The average Bonchev–Trinajstić information content (AvgIpc) is 2.55. The second kappa shape index (κ2) is 8.66. The number of carbonyl (C=O) groups is 1. The van der Waals surface area contributed by atoms with Crippen LogP contribution in [0, 0.1) is 0 Å². The van der Waals surface area contributed by atoms with E-state index in [4.69, 9.17) is 9.47 Å². The van der Waals surface area contributed by atoms with E-state index in [1.807, 2.05) is 18.2 Å². The zero-order valence-corrected chi connectivity index (χ0v) is 13.7. The van der Waals surface area contributed by atoms with Gasteiger partial charge in [-0.3, -0.25) is 4.79 Å². The number of ether oxygens (including phenoxy) is 2. The fourth-order valence-electron chi connectivity index (χ4n) is 3.04. The van der Waals surface area contributed by atoms with Crippen molar-refractivity contribution in [2.75, 3.05) is 14.2 Å². The predicted molar refractivity (Wildman–Crippen MR) is 87.5 cm³/mol. The molecule has 4 heteroatoms. The van der Waals surface area contributed by atoms with Crippen molar-refractivity contribution in [1.82, 2.24) is 5.32 Å². The molecule has 0 atom stereocenters. The minimum atomic E-state index is 0.187. The highest BCUT2D eigenvalue weighted by Gasteiger charge is 2.15. The third-order valence-electron chi connectivity index (χ3n) is 4.29. The van der Waals surface area contributed by atoms with Crippen LogP contribution in [0.25, 0.3) is 0 Å². The van der Waals surface area contributed by atoms with Crippen LogP contribution in [0.3, 0.4) is 0 Å². The van der Waals surface area contributed by atoms with E-state index in [1.54, 1.807) is 14.2 Å². The van der Waals surface area contributed by atoms with E-state index in [0.29, 0.717) is 12.5 Å². The molecule has 1 aliphatic carbocycles.